The third kappa shape index (κ3) is 4.44. The molecule has 0 fully saturated rings. The molecule has 2 aromatic heterocycles. The second kappa shape index (κ2) is 8.70. The summed E-state index contributed by atoms with van der Waals surface area (Å²) in [7, 11) is -4.06. The van der Waals surface area contributed by atoms with Gasteiger partial charge in [-0.1, -0.05) is 45.7 Å². The fourth-order valence-electron chi connectivity index (χ4n) is 3.15. The summed E-state index contributed by atoms with van der Waals surface area (Å²) in [5, 5.41) is 2.88. The smallest absolute Gasteiger partial charge is 0.331 e. The van der Waals surface area contributed by atoms with Crippen LogP contribution in [-0.4, -0.2) is 30.0 Å². The molecule has 0 aliphatic heterocycles. The van der Waals surface area contributed by atoms with Gasteiger partial charge in [-0.15, -0.1) is 11.3 Å². The van der Waals surface area contributed by atoms with Gasteiger partial charge in [0.1, 0.15) is 4.21 Å². The Labute approximate surface area is 198 Å². The number of amides is 2. The fraction of sp³-hybridized carbons (Fsp3) is 0.105. The molecule has 0 saturated carbocycles. The van der Waals surface area contributed by atoms with Gasteiger partial charge in [-0.2, -0.15) is 0 Å². The van der Waals surface area contributed by atoms with Crippen molar-refractivity contribution >= 4 is 71.5 Å². The molecule has 1 aromatic carbocycles. The van der Waals surface area contributed by atoms with Crippen molar-refractivity contribution in [3.63, 3.8) is 0 Å². The van der Waals surface area contributed by atoms with E-state index in [-0.39, 0.29) is 15.0 Å². The van der Waals surface area contributed by atoms with E-state index in [4.69, 9.17) is 11.6 Å². The number of rotatable bonds is 4. The molecule has 0 saturated heterocycles. The Balaban J connectivity index is 1.53. The van der Waals surface area contributed by atoms with E-state index in [0.29, 0.717) is 21.1 Å². The Bertz CT molecular complexity index is 1520. The number of thiophene rings is 1. The van der Waals surface area contributed by atoms with E-state index in [2.05, 4.69) is 26.2 Å². The Kier molecular flexibility index (Phi) is 6.12. The zero-order chi connectivity index (χ0) is 23.0. The Morgan fingerprint density at radius 2 is 1.97 bits per heavy atom. The van der Waals surface area contributed by atoms with E-state index >= 15 is 0 Å². The molecule has 3 N–H and O–H groups in total. The summed E-state index contributed by atoms with van der Waals surface area (Å²) in [5.41, 5.74) is -0.331. The molecule has 0 radical (unpaired) electrons. The monoisotopic (exact) mass is 556 g/mol. The van der Waals surface area contributed by atoms with Gasteiger partial charge in [0.25, 0.3) is 15.6 Å². The maximum atomic E-state index is 12.8. The van der Waals surface area contributed by atoms with E-state index in [0.717, 1.165) is 15.9 Å². The first-order chi connectivity index (χ1) is 15.2. The molecule has 2 heterocycles. The van der Waals surface area contributed by atoms with Gasteiger partial charge in [-0.3, -0.25) is 4.79 Å². The van der Waals surface area contributed by atoms with Crippen molar-refractivity contribution in [2.24, 2.45) is 0 Å². The van der Waals surface area contributed by atoms with Crippen LogP contribution in [0.5, 0.6) is 0 Å². The summed E-state index contributed by atoms with van der Waals surface area (Å²) in [6, 6.07) is 7.88. The quantitative estimate of drug-likeness (QED) is 0.454. The van der Waals surface area contributed by atoms with Gasteiger partial charge in [0.15, 0.2) is 0 Å². The summed E-state index contributed by atoms with van der Waals surface area (Å²) >= 11 is 9.94. The number of sulfonamides is 1. The van der Waals surface area contributed by atoms with Crippen molar-refractivity contribution in [1.29, 1.82) is 0 Å². The standard InChI is InChI=1S/C19H14BrClN4O5S2/c20-12-9-10(22-18(27)24-32(29,30)16-8-7-15(21)31-16)5-6-14(12)25-17(26)11-3-1-2-4-13(11)23-19(25)28/h1-8,10H,9H2,(H,23,28)(H2,22,24,27). The number of aromatic nitrogens is 2. The van der Waals surface area contributed by atoms with E-state index in [9.17, 15) is 22.8 Å². The lowest BCUT2D eigenvalue weighted by Crippen LogP contribution is -2.44. The largest absolute Gasteiger partial charge is 0.333 e. The van der Waals surface area contributed by atoms with Crippen LogP contribution in [0.4, 0.5) is 4.79 Å². The number of carbonyl (C=O) groups is 1. The molecule has 2 amide bonds. The first kappa shape index (κ1) is 22.5. The molecule has 166 valence electrons. The number of hydrogen-bond acceptors (Lipinski definition) is 6. The Morgan fingerprint density at radius 3 is 2.66 bits per heavy atom. The number of nitrogens with one attached hydrogen (secondary N) is 3. The van der Waals surface area contributed by atoms with Crippen LogP contribution < -0.4 is 21.3 Å². The van der Waals surface area contributed by atoms with Gasteiger partial charge >= 0.3 is 11.7 Å². The predicted molar refractivity (Wildman–Crippen MR) is 127 cm³/mol. The summed E-state index contributed by atoms with van der Waals surface area (Å²) in [5.74, 6) is 0. The average Bonchev–Trinajstić information content (AvgIpc) is 3.16. The molecule has 3 aromatic rings. The minimum Gasteiger partial charge on any atom is -0.331 e. The molecule has 9 nitrogen and oxygen atoms in total. The van der Waals surface area contributed by atoms with E-state index in [1.54, 1.807) is 30.3 Å². The highest BCUT2D eigenvalue weighted by molar-refractivity contribution is 9.11. The van der Waals surface area contributed by atoms with Gasteiger partial charge in [0.2, 0.25) is 0 Å². The fourth-order valence-corrected chi connectivity index (χ4v) is 6.21. The first-order valence-corrected chi connectivity index (χ1v) is 12.5. The van der Waals surface area contributed by atoms with Crippen molar-refractivity contribution in [2.75, 3.05) is 0 Å². The number of allylic oxidation sites excluding steroid dienone is 2. The average molecular weight is 558 g/mol. The van der Waals surface area contributed by atoms with E-state index in [1.807, 2.05) is 4.72 Å². The van der Waals surface area contributed by atoms with Crippen molar-refractivity contribution < 1.29 is 13.2 Å². The molecular weight excluding hydrogens is 544 g/mol. The zero-order valence-electron chi connectivity index (χ0n) is 16.0. The Hall–Kier alpha value is -2.67. The number of aromatic amines is 1. The number of hydrogen-bond donors (Lipinski definition) is 3. The molecule has 1 aliphatic carbocycles. The Morgan fingerprint density at radius 1 is 1.22 bits per heavy atom. The molecule has 1 unspecified atom stereocenters. The lowest BCUT2D eigenvalue weighted by molar-refractivity contribution is 0.244. The molecule has 1 atom stereocenters. The van der Waals surface area contributed by atoms with Crippen molar-refractivity contribution in [3.05, 3.63) is 78.2 Å². The van der Waals surface area contributed by atoms with Crippen LogP contribution in [0.1, 0.15) is 6.42 Å². The second-order valence-electron chi connectivity index (χ2n) is 6.71. The predicted octanol–water partition coefficient (Wildman–Crippen LogP) is 2.98. The maximum Gasteiger partial charge on any atom is 0.333 e. The van der Waals surface area contributed by atoms with Gasteiger partial charge in [0, 0.05) is 10.9 Å². The number of halogens is 2. The maximum absolute atomic E-state index is 12.8. The van der Waals surface area contributed by atoms with Crippen LogP contribution in [0.15, 0.2) is 66.8 Å². The number of H-pyrrole nitrogens is 1. The highest BCUT2D eigenvalue weighted by Crippen LogP contribution is 2.27. The van der Waals surface area contributed by atoms with Gasteiger partial charge in [-0.05, 0) is 30.3 Å². The summed E-state index contributed by atoms with van der Waals surface area (Å²) in [6.07, 6.45) is 3.27. The summed E-state index contributed by atoms with van der Waals surface area (Å²) in [6.45, 7) is 0. The van der Waals surface area contributed by atoms with Crippen LogP contribution in [0.25, 0.3) is 16.6 Å². The van der Waals surface area contributed by atoms with Gasteiger partial charge in [-0.25, -0.2) is 27.3 Å². The van der Waals surface area contributed by atoms with Crippen molar-refractivity contribution in [2.45, 2.75) is 16.7 Å². The van der Waals surface area contributed by atoms with Crippen LogP contribution in [0.2, 0.25) is 4.34 Å². The number of benzene rings is 1. The number of fused-ring (bicyclic) bond motifs is 1. The molecule has 13 heteroatoms. The van der Waals surface area contributed by atoms with E-state index < -0.39 is 33.3 Å². The SMILES string of the molecule is O=C(NC1C=CC(n2c(=O)[nH]c3ccccc3c2=O)=C(Br)C1)NS(=O)(=O)c1ccc(Cl)s1. The van der Waals surface area contributed by atoms with Crippen LogP contribution in [0, 0.1) is 0 Å². The number of para-hydroxylation sites is 1. The molecule has 4 rings (SSSR count). The highest BCUT2D eigenvalue weighted by Gasteiger charge is 2.24. The summed E-state index contributed by atoms with van der Waals surface area (Å²) < 4.78 is 28.1. The highest BCUT2D eigenvalue weighted by atomic mass is 79.9. The number of nitrogens with zero attached hydrogens (tertiary/aromatic N) is 1. The van der Waals surface area contributed by atoms with Crippen molar-refractivity contribution in [1.82, 2.24) is 19.6 Å². The van der Waals surface area contributed by atoms with E-state index in [1.165, 1.54) is 18.2 Å². The third-order valence-corrected chi connectivity index (χ3v) is 8.35. The second-order valence-corrected chi connectivity index (χ2v) is 11.3. The molecular formula is C19H14BrClN4O5S2. The molecule has 32 heavy (non-hydrogen) atoms. The third-order valence-electron chi connectivity index (χ3n) is 4.57. The van der Waals surface area contributed by atoms with Crippen molar-refractivity contribution in [3.8, 4) is 0 Å². The normalized spacial score (nSPS) is 16.4. The van der Waals surface area contributed by atoms with Gasteiger partial charge in [0.05, 0.1) is 27.0 Å². The minimum absolute atomic E-state index is 0.0879. The lowest BCUT2D eigenvalue weighted by atomic mass is 10.1. The molecule has 0 bridgehead atoms. The summed E-state index contributed by atoms with van der Waals surface area (Å²) in [4.78, 5) is 40.2. The van der Waals surface area contributed by atoms with Crippen LogP contribution >= 0.6 is 38.9 Å². The number of carbonyl (C=O) groups excluding carboxylic acids is 1. The first-order valence-electron chi connectivity index (χ1n) is 9.05. The lowest BCUT2D eigenvalue weighted by Gasteiger charge is -2.21. The van der Waals surface area contributed by atoms with Gasteiger partial charge < -0.3 is 10.3 Å². The van der Waals surface area contributed by atoms with Crippen LogP contribution in [-0.2, 0) is 10.0 Å². The number of urea groups is 1. The molecule has 1 aliphatic rings. The zero-order valence-corrected chi connectivity index (χ0v) is 19.9. The van der Waals surface area contributed by atoms with Crippen LogP contribution in [0.3, 0.4) is 0 Å². The molecule has 0 spiro atoms. The minimum atomic E-state index is -4.06. The topological polar surface area (TPSA) is 130 Å².